The molecule has 1 aliphatic heterocycles. The molecule has 0 aromatic heterocycles. The van der Waals surface area contributed by atoms with Gasteiger partial charge in [-0.1, -0.05) is 20.8 Å². The minimum absolute atomic E-state index is 0.0892. The lowest BCUT2D eigenvalue weighted by atomic mass is 9.88. The molecule has 1 unspecified atom stereocenters. The van der Waals surface area contributed by atoms with Crippen LogP contribution in [0.3, 0.4) is 0 Å². The van der Waals surface area contributed by atoms with Gasteiger partial charge in [-0.2, -0.15) is 0 Å². The maximum Gasteiger partial charge on any atom is 0.222 e. The zero-order valence-electron chi connectivity index (χ0n) is 12.2. The lowest BCUT2D eigenvalue weighted by molar-refractivity contribution is -0.124. The molecule has 106 valence electrons. The van der Waals surface area contributed by atoms with Gasteiger partial charge in [0.15, 0.2) is 0 Å². The van der Waals surface area contributed by atoms with Crippen molar-refractivity contribution in [1.29, 1.82) is 0 Å². The van der Waals surface area contributed by atoms with E-state index >= 15 is 0 Å². The van der Waals surface area contributed by atoms with E-state index in [1.807, 2.05) is 6.92 Å². The maximum atomic E-state index is 11.7. The summed E-state index contributed by atoms with van der Waals surface area (Å²) in [6, 6.07) is 0.184. The Hall–Kier alpha value is -0.610. The molecule has 0 radical (unpaired) electrons. The molecule has 0 aromatic rings. The number of carbonyl (C=O) groups is 1. The third-order valence-electron chi connectivity index (χ3n) is 3.65. The summed E-state index contributed by atoms with van der Waals surface area (Å²) < 4.78 is 5.72. The first kappa shape index (κ1) is 15.4. The second-order valence-electron chi connectivity index (χ2n) is 6.23. The Morgan fingerprint density at radius 2 is 2.00 bits per heavy atom. The Morgan fingerprint density at radius 1 is 1.39 bits per heavy atom. The van der Waals surface area contributed by atoms with Crippen LogP contribution >= 0.6 is 0 Å². The number of hydrogen-bond donors (Lipinski definition) is 2. The van der Waals surface area contributed by atoms with Crippen molar-refractivity contribution in [2.24, 2.45) is 5.41 Å². The second-order valence-corrected chi connectivity index (χ2v) is 6.23. The van der Waals surface area contributed by atoms with Gasteiger partial charge in [0.1, 0.15) is 0 Å². The molecular weight excluding hydrogens is 228 g/mol. The molecule has 0 spiro atoms. The van der Waals surface area contributed by atoms with E-state index in [0.717, 1.165) is 25.9 Å². The highest BCUT2D eigenvalue weighted by Crippen LogP contribution is 2.18. The minimum Gasteiger partial charge on any atom is -0.378 e. The summed E-state index contributed by atoms with van der Waals surface area (Å²) in [5.41, 5.74) is 0.103. The topological polar surface area (TPSA) is 50.4 Å². The lowest BCUT2D eigenvalue weighted by Crippen LogP contribution is -2.42. The van der Waals surface area contributed by atoms with E-state index in [1.165, 1.54) is 0 Å². The van der Waals surface area contributed by atoms with Gasteiger partial charge in [-0.15, -0.1) is 0 Å². The van der Waals surface area contributed by atoms with Crippen molar-refractivity contribution in [3.8, 4) is 0 Å². The van der Waals surface area contributed by atoms with Gasteiger partial charge < -0.3 is 15.4 Å². The van der Waals surface area contributed by atoms with Crippen molar-refractivity contribution in [3.63, 3.8) is 0 Å². The minimum atomic E-state index is 0.0892. The van der Waals surface area contributed by atoms with Crippen molar-refractivity contribution >= 4 is 5.91 Å². The molecule has 0 aromatic carbocycles. The van der Waals surface area contributed by atoms with E-state index in [4.69, 9.17) is 4.74 Å². The predicted octanol–water partition coefficient (Wildman–Crippen LogP) is 1.70. The van der Waals surface area contributed by atoms with Crippen LogP contribution in [0.25, 0.3) is 0 Å². The highest BCUT2D eigenvalue weighted by molar-refractivity contribution is 5.76. The Morgan fingerprint density at radius 3 is 2.56 bits per heavy atom. The van der Waals surface area contributed by atoms with Crippen LogP contribution in [0.15, 0.2) is 0 Å². The fourth-order valence-electron chi connectivity index (χ4n) is 1.81. The van der Waals surface area contributed by atoms with Crippen LogP contribution in [-0.4, -0.2) is 37.7 Å². The standard InChI is InChI=1S/C14H28N2O2/c1-11(14(2,3)4)16-13(17)7-10-18-12-5-8-15-9-6-12/h11-12,15H,5-10H2,1-4H3,(H,16,17). The highest BCUT2D eigenvalue weighted by Gasteiger charge is 2.21. The largest absolute Gasteiger partial charge is 0.378 e. The summed E-state index contributed by atoms with van der Waals surface area (Å²) in [5, 5.41) is 6.32. The molecule has 4 nitrogen and oxygen atoms in total. The van der Waals surface area contributed by atoms with Crippen molar-refractivity contribution in [3.05, 3.63) is 0 Å². The van der Waals surface area contributed by atoms with Gasteiger partial charge >= 0.3 is 0 Å². The number of rotatable bonds is 5. The number of hydrogen-bond acceptors (Lipinski definition) is 3. The first-order chi connectivity index (χ1) is 8.39. The molecule has 1 fully saturated rings. The number of amides is 1. The summed E-state index contributed by atoms with van der Waals surface area (Å²) >= 11 is 0. The van der Waals surface area contributed by atoms with Gasteiger partial charge in [-0.3, -0.25) is 4.79 Å². The Bertz CT molecular complexity index is 255. The van der Waals surface area contributed by atoms with Gasteiger partial charge in [-0.25, -0.2) is 0 Å². The first-order valence-corrected chi connectivity index (χ1v) is 7.01. The monoisotopic (exact) mass is 256 g/mol. The normalized spacial score (nSPS) is 19.6. The number of piperidine rings is 1. The van der Waals surface area contributed by atoms with Crippen molar-refractivity contribution in [2.75, 3.05) is 19.7 Å². The molecule has 4 heteroatoms. The molecule has 2 N–H and O–H groups in total. The molecule has 1 heterocycles. The quantitative estimate of drug-likeness (QED) is 0.787. The van der Waals surface area contributed by atoms with Crippen molar-refractivity contribution < 1.29 is 9.53 Å². The summed E-state index contributed by atoms with van der Waals surface area (Å²) in [6.45, 7) is 11.0. The number of carbonyl (C=O) groups excluding carboxylic acids is 1. The molecular formula is C14H28N2O2. The molecule has 1 rings (SSSR count). The molecule has 0 saturated carbocycles. The Labute approximate surface area is 111 Å². The van der Waals surface area contributed by atoms with Crippen LogP contribution < -0.4 is 10.6 Å². The molecule has 18 heavy (non-hydrogen) atoms. The smallest absolute Gasteiger partial charge is 0.222 e. The van der Waals surface area contributed by atoms with Crippen LogP contribution in [0.1, 0.15) is 47.0 Å². The summed E-state index contributed by atoms with van der Waals surface area (Å²) in [4.78, 5) is 11.7. The third kappa shape index (κ3) is 5.83. The number of ether oxygens (including phenoxy) is 1. The fraction of sp³-hybridized carbons (Fsp3) is 0.929. The van der Waals surface area contributed by atoms with E-state index in [2.05, 4.69) is 31.4 Å². The van der Waals surface area contributed by atoms with Crippen molar-refractivity contribution in [2.45, 2.75) is 59.1 Å². The Kier molecular flexibility index (Phi) is 6.09. The molecule has 1 amide bonds. The summed E-state index contributed by atoms with van der Waals surface area (Å²) in [5.74, 6) is 0.0892. The van der Waals surface area contributed by atoms with E-state index in [1.54, 1.807) is 0 Å². The highest BCUT2D eigenvalue weighted by atomic mass is 16.5. The molecule has 1 saturated heterocycles. The van der Waals surface area contributed by atoms with Crippen molar-refractivity contribution in [1.82, 2.24) is 10.6 Å². The predicted molar refractivity (Wildman–Crippen MR) is 73.5 cm³/mol. The van der Waals surface area contributed by atoms with Gasteiger partial charge in [0.25, 0.3) is 0 Å². The molecule has 1 aliphatic rings. The van der Waals surface area contributed by atoms with E-state index in [-0.39, 0.29) is 17.4 Å². The number of nitrogens with one attached hydrogen (secondary N) is 2. The van der Waals surface area contributed by atoms with E-state index in [0.29, 0.717) is 19.1 Å². The van der Waals surface area contributed by atoms with Gasteiger partial charge in [0.05, 0.1) is 12.7 Å². The van der Waals surface area contributed by atoms with E-state index in [9.17, 15) is 4.79 Å². The SMILES string of the molecule is CC(NC(=O)CCOC1CCNCC1)C(C)(C)C. The van der Waals surface area contributed by atoms with Gasteiger partial charge in [-0.05, 0) is 38.3 Å². The molecule has 0 aliphatic carbocycles. The summed E-state index contributed by atoms with van der Waals surface area (Å²) in [7, 11) is 0. The van der Waals surface area contributed by atoms with Crippen LogP contribution in [0.5, 0.6) is 0 Å². The van der Waals surface area contributed by atoms with E-state index < -0.39 is 0 Å². The van der Waals surface area contributed by atoms with Gasteiger partial charge in [0, 0.05) is 12.5 Å². The Balaban J connectivity index is 2.13. The lowest BCUT2D eigenvalue weighted by Gasteiger charge is -2.28. The average Bonchev–Trinajstić information content (AvgIpc) is 2.29. The summed E-state index contributed by atoms with van der Waals surface area (Å²) in [6.07, 6.45) is 2.91. The molecule has 1 atom stereocenters. The zero-order valence-corrected chi connectivity index (χ0v) is 12.2. The fourth-order valence-corrected chi connectivity index (χ4v) is 1.81. The second kappa shape index (κ2) is 7.10. The van der Waals surface area contributed by atoms with Crippen LogP contribution in [-0.2, 0) is 9.53 Å². The van der Waals surface area contributed by atoms with Crippen LogP contribution in [0.4, 0.5) is 0 Å². The third-order valence-corrected chi connectivity index (χ3v) is 3.65. The maximum absolute atomic E-state index is 11.7. The van der Waals surface area contributed by atoms with Crippen LogP contribution in [0.2, 0.25) is 0 Å². The van der Waals surface area contributed by atoms with Crippen LogP contribution in [0, 0.1) is 5.41 Å². The molecule has 0 bridgehead atoms. The zero-order chi connectivity index (χ0) is 13.6. The first-order valence-electron chi connectivity index (χ1n) is 7.01. The average molecular weight is 256 g/mol. The van der Waals surface area contributed by atoms with Gasteiger partial charge in [0.2, 0.25) is 5.91 Å².